The fourth-order valence-electron chi connectivity index (χ4n) is 1.30. The van der Waals surface area contributed by atoms with E-state index < -0.39 is 0 Å². The standard InChI is InChI=1S/C7H10N4OS/c12-7(6-4-9-13-11-6)10-5-1-2-8-3-5/h4-5,8H,1-3H2,(H,10,12)/t5-/m0/s1. The van der Waals surface area contributed by atoms with Crippen LogP contribution in [0.1, 0.15) is 16.9 Å². The lowest BCUT2D eigenvalue weighted by Gasteiger charge is -2.08. The summed E-state index contributed by atoms with van der Waals surface area (Å²) in [7, 11) is 0. The van der Waals surface area contributed by atoms with E-state index in [-0.39, 0.29) is 11.9 Å². The van der Waals surface area contributed by atoms with Crippen molar-refractivity contribution in [3.8, 4) is 0 Å². The maximum atomic E-state index is 11.4. The molecule has 1 aromatic heterocycles. The fraction of sp³-hybridized carbons (Fsp3) is 0.571. The molecule has 5 nitrogen and oxygen atoms in total. The molecule has 6 heteroatoms. The second-order valence-electron chi connectivity index (χ2n) is 2.96. The highest BCUT2D eigenvalue weighted by Crippen LogP contribution is 2.00. The largest absolute Gasteiger partial charge is 0.347 e. The molecule has 1 aromatic rings. The highest BCUT2D eigenvalue weighted by Gasteiger charge is 2.18. The van der Waals surface area contributed by atoms with Gasteiger partial charge in [-0.2, -0.15) is 8.75 Å². The van der Waals surface area contributed by atoms with Crippen LogP contribution in [0, 0.1) is 0 Å². The quantitative estimate of drug-likeness (QED) is 0.680. The molecule has 70 valence electrons. The Morgan fingerprint density at radius 2 is 2.69 bits per heavy atom. The minimum absolute atomic E-state index is 0.123. The summed E-state index contributed by atoms with van der Waals surface area (Å²) >= 11 is 1.05. The van der Waals surface area contributed by atoms with Crippen molar-refractivity contribution in [3.63, 3.8) is 0 Å². The summed E-state index contributed by atoms with van der Waals surface area (Å²) < 4.78 is 7.63. The summed E-state index contributed by atoms with van der Waals surface area (Å²) in [5.74, 6) is -0.123. The molecule has 0 bridgehead atoms. The first-order valence-electron chi connectivity index (χ1n) is 4.15. The van der Waals surface area contributed by atoms with Crippen molar-refractivity contribution in [2.24, 2.45) is 0 Å². The van der Waals surface area contributed by atoms with E-state index in [9.17, 15) is 4.79 Å². The van der Waals surface area contributed by atoms with E-state index in [1.165, 1.54) is 6.20 Å². The van der Waals surface area contributed by atoms with Crippen molar-refractivity contribution < 1.29 is 4.79 Å². The zero-order valence-corrected chi connectivity index (χ0v) is 7.80. The number of nitrogens with one attached hydrogen (secondary N) is 2. The number of carbonyl (C=O) groups excluding carboxylic acids is 1. The van der Waals surface area contributed by atoms with Crippen LogP contribution < -0.4 is 10.6 Å². The molecule has 0 radical (unpaired) electrons. The highest BCUT2D eigenvalue weighted by molar-refractivity contribution is 6.99. The molecular formula is C7H10N4OS. The maximum Gasteiger partial charge on any atom is 0.272 e. The lowest BCUT2D eigenvalue weighted by molar-refractivity contribution is 0.0936. The fourth-order valence-corrected chi connectivity index (χ4v) is 1.71. The van der Waals surface area contributed by atoms with Gasteiger partial charge >= 0.3 is 0 Å². The first-order valence-corrected chi connectivity index (χ1v) is 4.88. The van der Waals surface area contributed by atoms with Crippen LogP contribution in [0.15, 0.2) is 6.20 Å². The molecule has 1 amide bonds. The lowest BCUT2D eigenvalue weighted by Crippen LogP contribution is -2.36. The van der Waals surface area contributed by atoms with Gasteiger partial charge < -0.3 is 10.6 Å². The van der Waals surface area contributed by atoms with E-state index in [2.05, 4.69) is 19.4 Å². The zero-order chi connectivity index (χ0) is 9.10. The molecule has 0 saturated carbocycles. The SMILES string of the molecule is O=C(N[C@H]1CCNC1)c1cnsn1. The van der Waals surface area contributed by atoms with Crippen molar-refractivity contribution in [2.75, 3.05) is 13.1 Å². The van der Waals surface area contributed by atoms with Crippen LogP contribution in [0.25, 0.3) is 0 Å². The predicted molar refractivity (Wildman–Crippen MR) is 48.6 cm³/mol. The van der Waals surface area contributed by atoms with E-state index in [4.69, 9.17) is 0 Å². The van der Waals surface area contributed by atoms with Gasteiger partial charge in [0, 0.05) is 12.6 Å². The molecule has 1 atom stereocenters. The molecular weight excluding hydrogens is 188 g/mol. The Morgan fingerprint density at radius 1 is 1.77 bits per heavy atom. The summed E-state index contributed by atoms with van der Waals surface area (Å²) in [6, 6.07) is 0.245. The molecule has 0 unspecified atom stereocenters. The lowest BCUT2D eigenvalue weighted by atomic mass is 10.2. The monoisotopic (exact) mass is 198 g/mol. The van der Waals surface area contributed by atoms with Crippen molar-refractivity contribution >= 4 is 17.6 Å². The topological polar surface area (TPSA) is 66.9 Å². The molecule has 0 aliphatic carbocycles. The van der Waals surface area contributed by atoms with Gasteiger partial charge in [-0.15, -0.1) is 0 Å². The Hall–Kier alpha value is -1.01. The second kappa shape index (κ2) is 3.80. The number of hydrogen-bond donors (Lipinski definition) is 2. The van der Waals surface area contributed by atoms with E-state index in [0.29, 0.717) is 5.69 Å². The van der Waals surface area contributed by atoms with E-state index in [0.717, 1.165) is 31.2 Å². The number of rotatable bonds is 2. The number of nitrogens with zero attached hydrogens (tertiary/aromatic N) is 2. The summed E-state index contributed by atoms with van der Waals surface area (Å²) in [5.41, 5.74) is 0.414. The number of aromatic nitrogens is 2. The molecule has 2 N–H and O–H groups in total. The van der Waals surface area contributed by atoms with Gasteiger partial charge in [0.15, 0.2) is 5.69 Å². The smallest absolute Gasteiger partial charge is 0.272 e. The van der Waals surface area contributed by atoms with Crippen molar-refractivity contribution in [2.45, 2.75) is 12.5 Å². The van der Waals surface area contributed by atoms with Gasteiger partial charge in [0.05, 0.1) is 17.9 Å². The van der Waals surface area contributed by atoms with Gasteiger partial charge in [-0.1, -0.05) is 0 Å². The highest BCUT2D eigenvalue weighted by atomic mass is 32.1. The van der Waals surface area contributed by atoms with Gasteiger partial charge in [-0.05, 0) is 13.0 Å². The Labute approximate surface area is 79.9 Å². The number of carbonyl (C=O) groups is 1. The van der Waals surface area contributed by atoms with Crippen LogP contribution in [-0.2, 0) is 0 Å². The summed E-state index contributed by atoms with van der Waals surface area (Å²) in [6.45, 7) is 1.82. The Bertz CT molecular complexity index is 281. The van der Waals surface area contributed by atoms with E-state index >= 15 is 0 Å². The molecule has 0 aromatic carbocycles. The van der Waals surface area contributed by atoms with Crippen LogP contribution in [0.4, 0.5) is 0 Å². The van der Waals surface area contributed by atoms with E-state index in [1.54, 1.807) is 0 Å². The number of hydrogen-bond acceptors (Lipinski definition) is 5. The van der Waals surface area contributed by atoms with Crippen LogP contribution in [-0.4, -0.2) is 33.8 Å². The van der Waals surface area contributed by atoms with Gasteiger partial charge in [-0.25, -0.2) is 0 Å². The molecule has 13 heavy (non-hydrogen) atoms. The maximum absolute atomic E-state index is 11.4. The van der Waals surface area contributed by atoms with Crippen molar-refractivity contribution in [3.05, 3.63) is 11.9 Å². The third kappa shape index (κ3) is 2.02. The third-order valence-electron chi connectivity index (χ3n) is 1.99. The predicted octanol–water partition coefficient (Wildman–Crippen LogP) is -0.370. The van der Waals surface area contributed by atoms with E-state index in [1.807, 2.05) is 0 Å². The van der Waals surface area contributed by atoms with Crippen LogP contribution in [0.3, 0.4) is 0 Å². The summed E-state index contributed by atoms with van der Waals surface area (Å²) in [4.78, 5) is 11.4. The Kier molecular flexibility index (Phi) is 2.51. The molecule has 1 aliphatic rings. The van der Waals surface area contributed by atoms with Gasteiger partial charge in [0.2, 0.25) is 0 Å². The zero-order valence-electron chi connectivity index (χ0n) is 6.99. The van der Waals surface area contributed by atoms with Gasteiger partial charge in [-0.3, -0.25) is 4.79 Å². The average Bonchev–Trinajstić information content (AvgIpc) is 2.74. The van der Waals surface area contributed by atoms with Crippen molar-refractivity contribution in [1.82, 2.24) is 19.4 Å². The van der Waals surface area contributed by atoms with Crippen molar-refractivity contribution in [1.29, 1.82) is 0 Å². The minimum atomic E-state index is -0.123. The Balaban J connectivity index is 1.91. The second-order valence-corrected chi connectivity index (χ2v) is 3.51. The molecule has 2 rings (SSSR count). The molecule has 2 heterocycles. The molecule has 1 aliphatic heterocycles. The first-order chi connectivity index (χ1) is 6.36. The van der Waals surface area contributed by atoms with Gasteiger partial charge in [0.1, 0.15) is 0 Å². The first kappa shape index (κ1) is 8.58. The Morgan fingerprint density at radius 3 is 3.31 bits per heavy atom. The number of amides is 1. The minimum Gasteiger partial charge on any atom is -0.347 e. The van der Waals surface area contributed by atoms with Crippen LogP contribution in [0.5, 0.6) is 0 Å². The molecule has 1 saturated heterocycles. The molecule has 0 spiro atoms. The molecule has 1 fully saturated rings. The summed E-state index contributed by atoms with van der Waals surface area (Å²) in [6.07, 6.45) is 2.48. The van der Waals surface area contributed by atoms with Crippen LogP contribution in [0.2, 0.25) is 0 Å². The summed E-state index contributed by atoms with van der Waals surface area (Å²) in [5, 5.41) is 6.06. The van der Waals surface area contributed by atoms with Gasteiger partial charge in [0.25, 0.3) is 5.91 Å². The normalized spacial score (nSPS) is 21.7. The van der Waals surface area contributed by atoms with Crippen LogP contribution >= 0.6 is 11.7 Å². The third-order valence-corrected chi connectivity index (χ3v) is 2.47. The average molecular weight is 198 g/mol.